The molecule has 0 atom stereocenters. The van der Waals surface area contributed by atoms with Gasteiger partial charge in [-0.15, -0.1) is 13.2 Å². The fourth-order valence-corrected chi connectivity index (χ4v) is 5.26. The molecule has 0 radical (unpaired) electrons. The maximum absolute atomic E-state index is 13.6. The molecular weight excluding hydrogens is 574 g/mol. The van der Waals surface area contributed by atoms with Crippen LogP contribution in [0.2, 0.25) is 0 Å². The first-order chi connectivity index (χ1) is 21.2. The Kier molecular flexibility index (Phi) is 9.57. The molecule has 1 saturated heterocycles. The third kappa shape index (κ3) is 8.21. The van der Waals surface area contributed by atoms with Gasteiger partial charge in [0.05, 0.1) is 7.11 Å². The Labute approximate surface area is 254 Å². The van der Waals surface area contributed by atoms with E-state index in [1.54, 1.807) is 31.4 Å². The number of nitrogens with zero attached hydrogens (tertiary/aromatic N) is 3. The molecule has 0 unspecified atom stereocenters. The Bertz CT molecular complexity index is 1540. The van der Waals surface area contributed by atoms with Crippen molar-refractivity contribution >= 4 is 17.3 Å². The zero-order valence-corrected chi connectivity index (χ0v) is 24.3. The van der Waals surface area contributed by atoms with Crippen LogP contribution in [0.3, 0.4) is 0 Å². The summed E-state index contributed by atoms with van der Waals surface area (Å²) < 4.78 is 61.3. The molecule has 1 fully saturated rings. The monoisotopic (exact) mass is 607 g/mol. The molecule has 0 aliphatic carbocycles. The molecule has 4 aromatic carbocycles. The number of anilines is 2. The summed E-state index contributed by atoms with van der Waals surface area (Å²) in [5.74, 6) is 0.187. The van der Waals surface area contributed by atoms with Crippen LogP contribution in [0.1, 0.15) is 12.0 Å². The molecule has 5 rings (SSSR count). The topological polar surface area (TPSA) is 45.2 Å². The van der Waals surface area contributed by atoms with Gasteiger partial charge in [-0.05, 0) is 77.4 Å². The number of methoxy groups -OCH3 is 1. The number of halogens is 4. The molecule has 0 bridgehead atoms. The van der Waals surface area contributed by atoms with Crippen LogP contribution in [-0.4, -0.2) is 57.0 Å². The van der Waals surface area contributed by atoms with Crippen LogP contribution in [0.4, 0.5) is 28.9 Å². The van der Waals surface area contributed by atoms with Crippen molar-refractivity contribution in [2.75, 3.05) is 49.6 Å². The van der Waals surface area contributed by atoms with Gasteiger partial charge in [0.25, 0.3) is 0 Å². The first-order valence-corrected chi connectivity index (χ1v) is 14.3. The Balaban J connectivity index is 1.28. The molecule has 0 aromatic heterocycles. The largest absolute Gasteiger partial charge is 0.573 e. The second kappa shape index (κ2) is 13.7. The molecular formula is C34H33F4N3O3. The molecule has 1 heterocycles. The molecule has 10 heteroatoms. The highest BCUT2D eigenvalue weighted by atomic mass is 19.4. The smallest absolute Gasteiger partial charge is 0.497 e. The number of rotatable bonds is 10. The van der Waals surface area contributed by atoms with Crippen LogP contribution in [-0.2, 0) is 11.3 Å². The van der Waals surface area contributed by atoms with E-state index < -0.39 is 6.36 Å². The van der Waals surface area contributed by atoms with E-state index in [-0.39, 0.29) is 23.9 Å². The van der Waals surface area contributed by atoms with Gasteiger partial charge in [0.15, 0.2) is 0 Å². The number of ether oxygens (including phenoxy) is 2. The predicted molar refractivity (Wildman–Crippen MR) is 162 cm³/mol. The summed E-state index contributed by atoms with van der Waals surface area (Å²) in [5.41, 5.74) is 3.98. The van der Waals surface area contributed by atoms with Gasteiger partial charge in [0.1, 0.15) is 17.3 Å². The summed E-state index contributed by atoms with van der Waals surface area (Å²) in [7, 11) is 1.63. The fraction of sp³-hybridized carbons (Fsp3) is 0.265. The molecule has 1 amide bonds. The standard InChI is InChI=1S/C34H33F4N3O3/c1-43-31-14-12-29(13-15-31)39-18-20-40(21-19-39)33(42)16-17-41(24-25-8-10-28(35)11-9-25)30-6-2-4-26(22-30)27-5-3-7-32(23-27)44-34(36,37)38/h2-15,22-23H,16-21,24H2,1H3. The second-order valence-corrected chi connectivity index (χ2v) is 10.5. The zero-order chi connectivity index (χ0) is 31.1. The highest BCUT2D eigenvalue weighted by Crippen LogP contribution is 2.31. The molecule has 4 aromatic rings. The minimum Gasteiger partial charge on any atom is -0.497 e. The van der Waals surface area contributed by atoms with Crippen molar-refractivity contribution in [1.29, 1.82) is 0 Å². The molecule has 230 valence electrons. The molecule has 6 nitrogen and oxygen atoms in total. The van der Waals surface area contributed by atoms with E-state index in [0.717, 1.165) is 35.8 Å². The van der Waals surface area contributed by atoms with Crippen LogP contribution in [0.5, 0.6) is 11.5 Å². The predicted octanol–water partition coefficient (Wildman–Crippen LogP) is 7.15. The van der Waals surface area contributed by atoms with Gasteiger partial charge in [-0.1, -0.05) is 36.4 Å². The van der Waals surface area contributed by atoms with Crippen molar-refractivity contribution in [3.05, 3.63) is 108 Å². The number of amides is 1. The highest BCUT2D eigenvalue weighted by Gasteiger charge is 2.31. The number of benzene rings is 4. The number of alkyl halides is 3. The van der Waals surface area contributed by atoms with E-state index in [2.05, 4.69) is 9.64 Å². The minimum absolute atomic E-state index is 0.0386. The zero-order valence-electron chi connectivity index (χ0n) is 24.3. The minimum atomic E-state index is -4.79. The number of carbonyl (C=O) groups is 1. The summed E-state index contributed by atoms with van der Waals surface area (Å²) in [6.07, 6.45) is -4.52. The summed E-state index contributed by atoms with van der Waals surface area (Å²) in [6, 6.07) is 27.2. The van der Waals surface area contributed by atoms with Crippen molar-refractivity contribution < 1.29 is 31.8 Å². The van der Waals surface area contributed by atoms with Gasteiger partial charge in [0, 0.05) is 57.1 Å². The fourth-order valence-electron chi connectivity index (χ4n) is 5.26. The van der Waals surface area contributed by atoms with Gasteiger partial charge in [0.2, 0.25) is 5.91 Å². The normalized spacial score (nSPS) is 13.5. The second-order valence-electron chi connectivity index (χ2n) is 10.5. The maximum Gasteiger partial charge on any atom is 0.573 e. The third-order valence-electron chi connectivity index (χ3n) is 7.56. The summed E-state index contributed by atoms with van der Waals surface area (Å²) in [6.45, 7) is 3.46. The first-order valence-electron chi connectivity index (χ1n) is 14.3. The molecule has 1 aliphatic rings. The number of piperazine rings is 1. The number of hydrogen-bond donors (Lipinski definition) is 0. The van der Waals surface area contributed by atoms with E-state index >= 15 is 0 Å². The Morgan fingerprint density at radius 1 is 0.818 bits per heavy atom. The van der Waals surface area contributed by atoms with E-state index in [0.29, 0.717) is 37.3 Å². The van der Waals surface area contributed by atoms with Crippen LogP contribution in [0, 0.1) is 5.82 Å². The Morgan fingerprint density at radius 2 is 1.48 bits per heavy atom. The maximum atomic E-state index is 13.6. The lowest BCUT2D eigenvalue weighted by Gasteiger charge is -2.36. The van der Waals surface area contributed by atoms with E-state index in [4.69, 9.17) is 4.74 Å². The van der Waals surface area contributed by atoms with Gasteiger partial charge in [-0.25, -0.2) is 4.39 Å². The average molecular weight is 608 g/mol. The summed E-state index contributed by atoms with van der Waals surface area (Å²) >= 11 is 0. The van der Waals surface area contributed by atoms with Crippen molar-refractivity contribution in [3.8, 4) is 22.6 Å². The van der Waals surface area contributed by atoms with Gasteiger partial charge >= 0.3 is 6.36 Å². The van der Waals surface area contributed by atoms with Crippen molar-refractivity contribution in [2.24, 2.45) is 0 Å². The summed E-state index contributed by atoms with van der Waals surface area (Å²) in [5, 5.41) is 0. The lowest BCUT2D eigenvalue weighted by Crippen LogP contribution is -2.49. The van der Waals surface area contributed by atoms with E-state index in [9.17, 15) is 22.4 Å². The molecule has 1 aliphatic heterocycles. The van der Waals surface area contributed by atoms with Crippen LogP contribution < -0.4 is 19.3 Å². The molecule has 0 saturated carbocycles. The molecule has 0 spiro atoms. The number of hydrogen-bond acceptors (Lipinski definition) is 5. The first kappa shape index (κ1) is 30.7. The van der Waals surface area contributed by atoms with Gasteiger partial charge < -0.3 is 24.2 Å². The van der Waals surface area contributed by atoms with E-state index in [1.165, 1.54) is 30.3 Å². The Morgan fingerprint density at radius 3 is 2.14 bits per heavy atom. The Hall–Kier alpha value is -4.73. The van der Waals surface area contributed by atoms with Crippen molar-refractivity contribution in [3.63, 3.8) is 0 Å². The quantitative estimate of drug-likeness (QED) is 0.179. The van der Waals surface area contributed by atoms with Crippen LogP contribution in [0.15, 0.2) is 97.1 Å². The van der Waals surface area contributed by atoms with Gasteiger partial charge in [-0.2, -0.15) is 0 Å². The van der Waals surface area contributed by atoms with Crippen LogP contribution >= 0.6 is 0 Å². The van der Waals surface area contributed by atoms with Gasteiger partial charge in [-0.3, -0.25) is 4.79 Å². The SMILES string of the molecule is COc1ccc(N2CCN(C(=O)CCN(Cc3ccc(F)cc3)c3cccc(-c4cccc(OC(F)(F)F)c4)c3)CC2)cc1. The summed E-state index contributed by atoms with van der Waals surface area (Å²) in [4.78, 5) is 19.4. The van der Waals surface area contributed by atoms with E-state index in [1.807, 2.05) is 52.3 Å². The molecule has 0 N–H and O–H groups in total. The molecule has 44 heavy (non-hydrogen) atoms. The third-order valence-corrected chi connectivity index (χ3v) is 7.56. The lowest BCUT2D eigenvalue weighted by molar-refractivity contribution is -0.274. The van der Waals surface area contributed by atoms with Crippen molar-refractivity contribution in [1.82, 2.24) is 4.90 Å². The lowest BCUT2D eigenvalue weighted by atomic mass is 10.0. The average Bonchev–Trinajstić information content (AvgIpc) is 3.03. The van der Waals surface area contributed by atoms with Crippen molar-refractivity contribution in [2.45, 2.75) is 19.3 Å². The van der Waals surface area contributed by atoms with Crippen LogP contribution in [0.25, 0.3) is 11.1 Å². The number of carbonyl (C=O) groups excluding carboxylic acids is 1. The highest BCUT2D eigenvalue weighted by molar-refractivity contribution is 5.77.